The Bertz CT molecular complexity index is 573. The molecule has 0 aliphatic carbocycles. The smallest absolute Gasteiger partial charge is 0.262 e. The molecule has 8 heteroatoms. The van der Waals surface area contributed by atoms with Gasteiger partial charge in [-0.1, -0.05) is 0 Å². The van der Waals surface area contributed by atoms with E-state index in [0.717, 1.165) is 38.4 Å². The zero-order valence-electron chi connectivity index (χ0n) is 12.6. The predicted molar refractivity (Wildman–Crippen MR) is 83.2 cm³/mol. The lowest BCUT2D eigenvalue weighted by atomic mass is 10.4. The van der Waals surface area contributed by atoms with E-state index in [0.29, 0.717) is 19.0 Å². The molecule has 0 spiro atoms. The summed E-state index contributed by atoms with van der Waals surface area (Å²) in [5, 5.41) is 0.160. The molecule has 1 aromatic heterocycles. The van der Waals surface area contributed by atoms with E-state index in [-0.39, 0.29) is 5.03 Å². The molecule has 120 valence electrons. The van der Waals surface area contributed by atoms with Crippen molar-refractivity contribution in [2.45, 2.75) is 31.8 Å². The van der Waals surface area contributed by atoms with E-state index in [9.17, 15) is 8.42 Å². The van der Waals surface area contributed by atoms with Gasteiger partial charge in [0.05, 0.1) is 0 Å². The number of aromatic nitrogens is 2. The Kier molecular flexibility index (Phi) is 5.65. The molecule has 1 aliphatic rings. The average Bonchev–Trinajstić information content (AvgIpc) is 2.68. The van der Waals surface area contributed by atoms with Gasteiger partial charge in [0, 0.05) is 44.8 Å². The average molecular weight is 335 g/mol. The first-order valence-electron chi connectivity index (χ1n) is 7.31. The maximum Gasteiger partial charge on any atom is 0.262 e. The lowest BCUT2D eigenvalue weighted by molar-refractivity contribution is 0.303. The Morgan fingerprint density at radius 3 is 2.67 bits per heavy atom. The second-order valence-electron chi connectivity index (χ2n) is 5.20. The van der Waals surface area contributed by atoms with Crippen LogP contribution in [0.25, 0.3) is 0 Å². The molecule has 21 heavy (non-hydrogen) atoms. The molecule has 0 bridgehead atoms. The van der Waals surface area contributed by atoms with Crippen molar-refractivity contribution >= 4 is 21.6 Å². The molecule has 0 amide bonds. The summed E-state index contributed by atoms with van der Waals surface area (Å²) < 4.78 is 28.8. The van der Waals surface area contributed by atoms with Gasteiger partial charge in [0.15, 0.2) is 5.03 Å². The largest absolute Gasteiger partial charge is 0.334 e. The van der Waals surface area contributed by atoms with Gasteiger partial charge < -0.3 is 9.47 Å². The molecule has 0 radical (unpaired) electrons. The minimum atomic E-state index is -3.49. The summed E-state index contributed by atoms with van der Waals surface area (Å²) in [5.41, 5.74) is 0. The van der Waals surface area contributed by atoms with E-state index in [2.05, 4.69) is 9.88 Å². The molecule has 1 fully saturated rings. The van der Waals surface area contributed by atoms with Crippen molar-refractivity contribution in [1.29, 1.82) is 0 Å². The molecule has 2 rings (SSSR count). The van der Waals surface area contributed by atoms with Crippen molar-refractivity contribution in [2.75, 3.05) is 38.6 Å². The molecule has 0 aromatic carbocycles. The topological polar surface area (TPSA) is 58.4 Å². The normalized spacial score (nSPS) is 18.8. The predicted octanol–water partition coefficient (Wildman–Crippen LogP) is 1.15. The minimum Gasteiger partial charge on any atom is -0.334 e. The van der Waals surface area contributed by atoms with Crippen LogP contribution in [0.2, 0.25) is 0 Å². The minimum absolute atomic E-state index is 0.160. The SMILES string of the molecule is CCn1cc(S(=O)(=O)N2CCCN(CCCl)CC2)nc1C. The summed E-state index contributed by atoms with van der Waals surface area (Å²) in [5.74, 6) is 1.31. The maximum atomic E-state index is 12.7. The van der Waals surface area contributed by atoms with Crippen molar-refractivity contribution in [3.05, 3.63) is 12.0 Å². The molecule has 0 saturated carbocycles. The molecular weight excluding hydrogens is 312 g/mol. The Morgan fingerprint density at radius 1 is 1.29 bits per heavy atom. The summed E-state index contributed by atoms with van der Waals surface area (Å²) in [6.45, 7) is 7.97. The fourth-order valence-corrected chi connectivity index (χ4v) is 4.29. The fourth-order valence-electron chi connectivity index (χ4n) is 2.59. The van der Waals surface area contributed by atoms with Gasteiger partial charge in [-0.15, -0.1) is 11.6 Å². The lowest BCUT2D eigenvalue weighted by Crippen LogP contribution is -2.35. The molecule has 1 aromatic rings. The maximum absolute atomic E-state index is 12.7. The van der Waals surface area contributed by atoms with Crippen LogP contribution >= 0.6 is 11.6 Å². The number of halogens is 1. The first kappa shape index (κ1) is 16.7. The van der Waals surface area contributed by atoms with Gasteiger partial charge in [-0.25, -0.2) is 13.4 Å². The van der Waals surface area contributed by atoms with Crippen molar-refractivity contribution in [3.63, 3.8) is 0 Å². The Labute approximate surface area is 131 Å². The first-order valence-corrected chi connectivity index (χ1v) is 9.28. The number of hydrogen-bond acceptors (Lipinski definition) is 4. The second-order valence-corrected chi connectivity index (χ2v) is 7.46. The summed E-state index contributed by atoms with van der Waals surface area (Å²) >= 11 is 5.76. The molecule has 0 N–H and O–H groups in total. The van der Waals surface area contributed by atoms with Crippen molar-refractivity contribution < 1.29 is 8.42 Å². The van der Waals surface area contributed by atoms with Gasteiger partial charge in [-0.3, -0.25) is 0 Å². The number of alkyl halides is 1. The fraction of sp³-hybridized carbons (Fsp3) is 0.769. The van der Waals surface area contributed by atoms with E-state index in [1.807, 2.05) is 18.4 Å². The van der Waals surface area contributed by atoms with Crippen molar-refractivity contribution in [2.24, 2.45) is 0 Å². The van der Waals surface area contributed by atoms with Crippen molar-refractivity contribution in [1.82, 2.24) is 18.8 Å². The van der Waals surface area contributed by atoms with E-state index in [1.165, 1.54) is 0 Å². The summed E-state index contributed by atoms with van der Waals surface area (Å²) in [6.07, 6.45) is 2.45. The highest BCUT2D eigenvalue weighted by molar-refractivity contribution is 7.89. The molecule has 1 aliphatic heterocycles. The molecule has 0 atom stereocenters. The van der Waals surface area contributed by atoms with E-state index in [4.69, 9.17) is 11.6 Å². The third kappa shape index (κ3) is 3.77. The highest BCUT2D eigenvalue weighted by Crippen LogP contribution is 2.17. The van der Waals surface area contributed by atoms with Gasteiger partial charge in [-0.05, 0) is 26.8 Å². The molecule has 2 heterocycles. The Hall–Kier alpha value is -0.630. The van der Waals surface area contributed by atoms with E-state index in [1.54, 1.807) is 10.5 Å². The highest BCUT2D eigenvalue weighted by Gasteiger charge is 2.29. The van der Waals surface area contributed by atoms with Crippen molar-refractivity contribution in [3.8, 4) is 0 Å². The zero-order chi connectivity index (χ0) is 15.5. The second kappa shape index (κ2) is 7.09. The number of rotatable bonds is 5. The van der Waals surface area contributed by atoms with Gasteiger partial charge in [0.1, 0.15) is 5.82 Å². The quantitative estimate of drug-likeness (QED) is 0.758. The van der Waals surface area contributed by atoms with Crippen LogP contribution in [0.5, 0.6) is 0 Å². The first-order chi connectivity index (χ1) is 9.98. The molecule has 1 saturated heterocycles. The van der Waals surface area contributed by atoms with Crippen LogP contribution < -0.4 is 0 Å². The van der Waals surface area contributed by atoms with E-state index >= 15 is 0 Å². The van der Waals surface area contributed by atoms with Gasteiger partial charge in [-0.2, -0.15) is 4.31 Å². The highest BCUT2D eigenvalue weighted by atomic mass is 35.5. The van der Waals surface area contributed by atoms with Crippen LogP contribution in [0.15, 0.2) is 11.2 Å². The van der Waals surface area contributed by atoms with Gasteiger partial charge >= 0.3 is 0 Å². The standard InChI is InChI=1S/C13H23ClN4O2S/c1-3-17-11-13(15-12(17)2)21(19,20)18-7-4-6-16(8-5-14)9-10-18/h11H,3-10H2,1-2H3. The van der Waals surface area contributed by atoms with Crippen LogP contribution in [0.3, 0.4) is 0 Å². The number of nitrogens with zero attached hydrogens (tertiary/aromatic N) is 4. The lowest BCUT2D eigenvalue weighted by Gasteiger charge is -2.20. The summed E-state index contributed by atoms with van der Waals surface area (Å²) in [7, 11) is -3.49. The number of aryl methyl sites for hydroxylation is 2. The van der Waals surface area contributed by atoms with E-state index < -0.39 is 10.0 Å². The van der Waals surface area contributed by atoms with Crippen LogP contribution in [0.1, 0.15) is 19.2 Å². The molecule has 0 unspecified atom stereocenters. The van der Waals surface area contributed by atoms with Gasteiger partial charge in [0.2, 0.25) is 0 Å². The summed E-state index contributed by atoms with van der Waals surface area (Å²) in [6, 6.07) is 0. The van der Waals surface area contributed by atoms with Gasteiger partial charge in [0.25, 0.3) is 10.0 Å². The number of sulfonamides is 1. The Balaban J connectivity index is 2.15. The monoisotopic (exact) mass is 334 g/mol. The van der Waals surface area contributed by atoms with Crippen LogP contribution in [0.4, 0.5) is 0 Å². The number of imidazole rings is 1. The van der Waals surface area contributed by atoms with Crippen LogP contribution in [0, 0.1) is 6.92 Å². The number of hydrogen-bond donors (Lipinski definition) is 0. The third-order valence-electron chi connectivity index (χ3n) is 3.85. The van der Waals surface area contributed by atoms with Crippen LogP contribution in [-0.2, 0) is 16.6 Å². The summed E-state index contributed by atoms with van der Waals surface area (Å²) in [4.78, 5) is 6.42. The molecular formula is C13H23ClN4O2S. The Morgan fingerprint density at radius 2 is 2.05 bits per heavy atom. The zero-order valence-corrected chi connectivity index (χ0v) is 14.2. The van der Waals surface area contributed by atoms with Crippen LogP contribution in [-0.4, -0.2) is 65.8 Å². The third-order valence-corrected chi connectivity index (χ3v) is 5.79. The molecule has 6 nitrogen and oxygen atoms in total.